The fraction of sp³-hybridized carbons (Fsp3) is 0.381. The second-order valence-electron chi connectivity index (χ2n) is 7.41. The number of nitrogens with zero attached hydrogens (tertiary/aromatic N) is 2. The first kappa shape index (κ1) is 22.7. The number of sulfonamides is 1. The van der Waals surface area contributed by atoms with Crippen LogP contribution in [0.2, 0.25) is 0 Å². The number of pyridine rings is 1. The minimum Gasteiger partial charge on any atom is -0.483 e. The number of para-hydroxylation sites is 1. The summed E-state index contributed by atoms with van der Waals surface area (Å²) < 4.78 is 32.2. The van der Waals surface area contributed by atoms with Gasteiger partial charge in [0.05, 0.1) is 0 Å². The molecule has 0 aliphatic carbocycles. The lowest BCUT2D eigenvalue weighted by atomic mass is 9.98. The molecule has 2 amide bonds. The maximum atomic E-state index is 12.6. The molecule has 1 fully saturated rings. The summed E-state index contributed by atoms with van der Waals surface area (Å²) in [6.45, 7) is 4.00. The summed E-state index contributed by atoms with van der Waals surface area (Å²) in [7, 11) is -3.62. The summed E-state index contributed by atoms with van der Waals surface area (Å²) in [5.41, 5.74) is 6.60. The molecule has 0 spiro atoms. The fourth-order valence-corrected chi connectivity index (χ4v) is 4.88. The molecule has 0 saturated carbocycles. The lowest BCUT2D eigenvalue weighted by molar-refractivity contribution is -0.132. The molecule has 1 aromatic carbocycles. The molecule has 0 unspecified atom stereocenters. The molecule has 2 heterocycles. The third-order valence-electron chi connectivity index (χ3n) is 5.18. The van der Waals surface area contributed by atoms with Crippen LogP contribution >= 0.6 is 0 Å². The van der Waals surface area contributed by atoms with Gasteiger partial charge in [0.2, 0.25) is 15.9 Å². The van der Waals surface area contributed by atoms with Gasteiger partial charge in [-0.1, -0.05) is 18.2 Å². The number of benzene rings is 1. The summed E-state index contributed by atoms with van der Waals surface area (Å²) in [5, 5.41) is 0. The van der Waals surface area contributed by atoms with Crippen molar-refractivity contribution in [1.82, 2.24) is 20.1 Å². The van der Waals surface area contributed by atoms with Crippen molar-refractivity contribution < 1.29 is 22.7 Å². The number of hydrogen-bond donors (Lipinski definition) is 2. The number of carbonyl (C=O) groups is 2. The highest BCUT2D eigenvalue weighted by Crippen LogP contribution is 2.24. The number of hydrazine groups is 1. The van der Waals surface area contributed by atoms with Crippen LogP contribution in [0.3, 0.4) is 0 Å². The van der Waals surface area contributed by atoms with E-state index in [0.29, 0.717) is 18.6 Å². The maximum absolute atomic E-state index is 12.6. The van der Waals surface area contributed by atoms with Crippen LogP contribution in [0, 0.1) is 19.8 Å². The van der Waals surface area contributed by atoms with Crippen LogP contribution in [0.1, 0.15) is 24.0 Å². The predicted octanol–water partition coefficient (Wildman–Crippen LogP) is 1.33. The first-order valence-electron chi connectivity index (χ1n) is 9.97. The normalized spacial score (nSPS) is 15.3. The van der Waals surface area contributed by atoms with E-state index in [0.717, 1.165) is 11.1 Å². The lowest BCUT2D eigenvalue weighted by Crippen LogP contribution is -2.49. The summed E-state index contributed by atoms with van der Waals surface area (Å²) in [5.74, 6) is -0.571. The van der Waals surface area contributed by atoms with Gasteiger partial charge in [0.25, 0.3) is 5.91 Å². The van der Waals surface area contributed by atoms with Gasteiger partial charge in [0.1, 0.15) is 10.6 Å². The van der Waals surface area contributed by atoms with Crippen molar-refractivity contribution in [3.63, 3.8) is 0 Å². The first-order chi connectivity index (χ1) is 14.8. The van der Waals surface area contributed by atoms with E-state index in [1.165, 1.54) is 22.8 Å². The molecule has 1 saturated heterocycles. The van der Waals surface area contributed by atoms with E-state index in [2.05, 4.69) is 15.8 Å². The van der Waals surface area contributed by atoms with Crippen molar-refractivity contribution in [2.75, 3.05) is 19.7 Å². The SMILES string of the molecule is Cc1cccc(C)c1OCC(=O)NNC(=O)C1CCN(S(=O)(=O)c2cccnc2)CC1. The number of aromatic nitrogens is 1. The summed E-state index contributed by atoms with van der Waals surface area (Å²) in [6.07, 6.45) is 3.54. The van der Waals surface area contributed by atoms with Crippen LogP contribution in [0.15, 0.2) is 47.6 Å². The monoisotopic (exact) mass is 446 g/mol. The molecule has 2 aromatic rings. The van der Waals surface area contributed by atoms with Crippen LogP contribution in [-0.2, 0) is 19.6 Å². The van der Waals surface area contributed by atoms with Crippen molar-refractivity contribution in [3.05, 3.63) is 53.9 Å². The minimum absolute atomic E-state index is 0.133. The molecule has 1 aromatic heterocycles. The Labute approximate surface area is 181 Å². The molecule has 0 radical (unpaired) electrons. The van der Waals surface area contributed by atoms with Crippen molar-refractivity contribution in [3.8, 4) is 5.75 Å². The Morgan fingerprint density at radius 1 is 1.10 bits per heavy atom. The number of piperidine rings is 1. The zero-order valence-electron chi connectivity index (χ0n) is 17.5. The van der Waals surface area contributed by atoms with Crippen LogP contribution < -0.4 is 15.6 Å². The standard InChI is InChI=1S/C21H26N4O5S/c1-15-5-3-6-16(2)20(15)30-14-19(26)23-24-21(27)17-8-11-25(12-9-17)31(28,29)18-7-4-10-22-13-18/h3-7,10,13,17H,8-9,11-12,14H2,1-2H3,(H,23,26)(H,24,27). The minimum atomic E-state index is -3.62. The Balaban J connectivity index is 1.44. The van der Waals surface area contributed by atoms with E-state index in [1.807, 2.05) is 32.0 Å². The number of amides is 2. The van der Waals surface area contributed by atoms with Gasteiger partial charge in [-0.25, -0.2) is 8.42 Å². The van der Waals surface area contributed by atoms with E-state index in [-0.39, 0.29) is 36.4 Å². The lowest BCUT2D eigenvalue weighted by Gasteiger charge is -2.30. The predicted molar refractivity (Wildman–Crippen MR) is 113 cm³/mol. The number of nitrogens with one attached hydrogen (secondary N) is 2. The van der Waals surface area contributed by atoms with Gasteiger partial charge in [-0.2, -0.15) is 4.31 Å². The Hall–Kier alpha value is -2.98. The molecule has 0 atom stereocenters. The van der Waals surface area contributed by atoms with Crippen molar-refractivity contribution in [1.29, 1.82) is 0 Å². The summed E-state index contributed by atoms with van der Waals surface area (Å²) in [6, 6.07) is 8.76. The topological polar surface area (TPSA) is 118 Å². The Morgan fingerprint density at radius 2 is 1.77 bits per heavy atom. The van der Waals surface area contributed by atoms with E-state index >= 15 is 0 Å². The molecular formula is C21H26N4O5S. The number of hydrogen-bond acceptors (Lipinski definition) is 6. The van der Waals surface area contributed by atoms with Gasteiger partial charge in [-0.15, -0.1) is 0 Å². The van der Waals surface area contributed by atoms with E-state index in [4.69, 9.17) is 4.74 Å². The van der Waals surface area contributed by atoms with Gasteiger partial charge in [-0.05, 0) is 49.9 Å². The number of ether oxygens (including phenoxy) is 1. The molecule has 1 aliphatic rings. The zero-order valence-corrected chi connectivity index (χ0v) is 18.3. The van der Waals surface area contributed by atoms with Gasteiger partial charge >= 0.3 is 0 Å². The Bertz CT molecular complexity index is 1010. The van der Waals surface area contributed by atoms with Crippen LogP contribution in [0.25, 0.3) is 0 Å². The first-order valence-corrected chi connectivity index (χ1v) is 11.4. The number of rotatable bonds is 6. The van der Waals surface area contributed by atoms with Gasteiger partial charge in [0.15, 0.2) is 6.61 Å². The molecule has 0 bridgehead atoms. The molecule has 9 nitrogen and oxygen atoms in total. The highest BCUT2D eigenvalue weighted by Gasteiger charge is 2.32. The maximum Gasteiger partial charge on any atom is 0.276 e. The Morgan fingerprint density at radius 3 is 2.39 bits per heavy atom. The van der Waals surface area contributed by atoms with Crippen LogP contribution in [-0.4, -0.2) is 49.2 Å². The molecule has 31 heavy (non-hydrogen) atoms. The smallest absolute Gasteiger partial charge is 0.276 e. The van der Waals surface area contributed by atoms with E-state index in [9.17, 15) is 18.0 Å². The number of carbonyl (C=O) groups excluding carboxylic acids is 2. The molecule has 1 aliphatic heterocycles. The van der Waals surface area contributed by atoms with Crippen molar-refractivity contribution in [2.45, 2.75) is 31.6 Å². The third kappa shape index (κ3) is 5.59. The highest BCUT2D eigenvalue weighted by atomic mass is 32.2. The number of aryl methyl sites for hydroxylation is 2. The Kier molecular flexibility index (Phi) is 7.24. The van der Waals surface area contributed by atoms with Gasteiger partial charge in [-0.3, -0.25) is 25.4 Å². The fourth-order valence-electron chi connectivity index (χ4n) is 3.44. The average Bonchev–Trinajstić information content (AvgIpc) is 2.78. The molecule has 2 N–H and O–H groups in total. The second kappa shape index (κ2) is 9.88. The van der Waals surface area contributed by atoms with E-state index in [1.54, 1.807) is 6.07 Å². The third-order valence-corrected chi connectivity index (χ3v) is 7.06. The van der Waals surface area contributed by atoms with Crippen molar-refractivity contribution >= 4 is 21.8 Å². The zero-order chi connectivity index (χ0) is 22.4. The molecule has 166 valence electrons. The van der Waals surface area contributed by atoms with Crippen LogP contribution in [0.4, 0.5) is 0 Å². The van der Waals surface area contributed by atoms with Gasteiger partial charge < -0.3 is 4.74 Å². The van der Waals surface area contributed by atoms with E-state index < -0.39 is 15.9 Å². The van der Waals surface area contributed by atoms with Crippen LogP contribution in [0.5, 0.6) is 5.75 Å². The average molecular weight is 447 g/mol. The summed E-state index contributed by atoms with van der Waals surface area (Å²) in [4.78, 5) is 28.4. The van der Waals surface area contributed by atoms with Gasteiger partial charge in [0, 0.05) is 31.4 Å². The van der Waals surface area contributed by atoms with Crippen molar-refractivity contribution in [2.24, 2.45) is 5.92 Å². The molecule has 3 rings (SSSR count). The molecular weight excluding hydrogens is 420 g/mol. The quantitative estimate of drug-likeness (QED) is 0.647. The largest absolute Gasteiger partial charge is 0.483 e. The second-order valence-corrected chi connectivity index (χ2v) is 9.35. The molecule has 10 heteroatoms. The highest BCUT2D eigenvalue weighted by molar-refractivity contribution is 7.89. The summed E-state index contributed by atoms with van der Waals surface area (Å²) >= 11 is 0.